The van der Waals surface area contributed by atoms with Crippen LogP contribution in [0.25, 0.3) is 0 Å². The summed E-state index contributed by atoms with van der Waals surface area (Å²) < 4.78 is 0. The molecule has 0 aromatic carbocycles. The second-order valence-electron chi connectivity index (χ2n) is 4.98. The Balaban J connectivity index is 1.95. The molecular weight excluding hydrogens is 240 g/mol. The molecule has 0 unspecified atom stereocenters. The fourth-order valence-corrected chi connectivity index (χ4v) is 2.03. The summed E-state index contributed by atoms with van der Waals surface area (Å²) in [5.74, 6) is -0.310. The summed E-state index contributed by atoms with van der Waals surface area (Å²) >= 11 is 0. The molecule has 0 aromatic rings. The second-order valence-corrected chi connectivity index (χ2v) is 4.98. The molecular formula is C15H26N2O2. The zero-order chi connectivity index (χ0) is 13.9. The van der Waals surface area contributed by atoms with Gasteiger partial charge in [-0.05, 0) is 45.7 Å². The van der Waals surface area contributed by atoms with E-state index in [1.54, 1.807) is 6.92 Å². The lowest BCUT2D eigenvalue weighted by molar-refractivity contribution is -0.136. The van der Waals surface area contributed by atoms with Gasteiger partial charge in [0.05, 0.1) is 11.3 Å². The number of nitrogens with one attached hydrogen (secondary N) is 1. The Hall–Kier alpha value is -1.16. The molecule has 1 heterocycles. The molecule has 0 atom stereocenters. The van der Waals surface area contributed by atoms with Gasteiger partial charge in [0.2, 0.25) is 0 Å². The zero-order valence-electron chi connectivity index (χ0n) is 12.2. The van der Waals surface area contributed by atoms with Gasteiger partial charge in [0.1, 0.15) is 0 Å². The van der Waals surface area contributed by atoms with Crippen LogP contribution in [0.1, 0.15) is 58.8 Å². The Labute approximate surface area is 116 Å². The van der Waals surface area contributed by atoms with E-state index in [0.29, 0.717) is 11.3 Å². The highest BCUT2D eigenvalue weighted by Crippen LogP contribution is 2.12. The predicted molar refractivity (Wildman–Crippen MR) is 78.1 cm³/mol. The Bertz CT molecular complexity index is 335. The van der Waals surface area contributed by atoms with Crippen LogP contribution in [0.15, 0.2) is 16.8 Å². The first-order valence-corrected chi connectivity index (χ1v) is 7.43. The van der Waals surface area contributed by atoms with Crippen molar-refractivity contribution in [2.75, 3.05) is 13.1 Å². The minimum Gasteiger partial charge on any atom is -0.317 e. The Morgan fingerprint density at radius 1 is 1.16 bits per heavy atom. The van der Waals surface area contributed by atoms with Gasteiger partial charge in [0.15, 0.2) is 0 Å². The Morgan fingerprint density at radius 2 is 1.89 bits per heavy atom. The molecule has 108 valence electrons. The number of rotatable bonds is 10. The van der Waals surface area contributed by atoms with Gasteiger partial charge in [-0.1, -0.05) is 37.4 Å². The largest absolute Gasteiger partial charge is 0.367 e. The van der Waals surface area contributed by atoms with Gasteiger partial charge in [0.25, 0.3) is 0 Å². The standard InChI is InChI=1S/C15H26N2O2/c1-3-4-8-11-16-12-9-6-5-7-10-14-13(2)17-19-15(14)18/h10,16H,3-9,11-12H2,1-2H3. The maximum absolute atomic E-state index is 11.3. The maximum Gasteiger partial charge on any atom is 0.367 e. The SMILES string of the molecule is CCCCCNCCCCCC=C1C(=O)ON=C1C. The van der Waals surface area contributed by atoms with Crippen LogP contribution in [-0.2, 0) is 9.63 Å². The highest BCUT2D eigenvalue weighted by Gasteiger charge is 2.20. The number of oxime groups is 1. The van der Waals surface area contributed by atoms with Crippen LogP contribution < -0.4 is 5.32 Å². The van der Waals surface area contributed by atoms with Crippen molar-refractivity contribution < 1.29 is 9.63 Å². The molecule has 4 heteroatoms. The minimum atomic E-state index is -0.310. The molecule has 0 aliphatic carbocycles. The third-order valence-corrected chi connectivity index (χ3v) is 3.24. The van der Waals surface area contributed by atoms with Crippen LogP contribution in [0.3, 0.4) is 0 Å². The minimum absolute atomic E-state index is 0.310. The van der Waals surface area contributed by atoms with Crippen LogP contribution in [0.2, 0.25) is 0 Å². The second kappa shape index (κ2) is 9.73. The number of carbonyl (C=O) groups excluding carboxylic acids is 1. The van der Waals surface area contributed by atoms with Crippen molar-refractivity contribution in [3.63, 3.8) is 0 Å². The van der Waals surface area contributed by atoms with Gasteiger partial charge >= 0.3 is 5.97 Å². The van der Waals surface area contributed by atoms with Crippen LogP contribution in [0, 0.1) is 0 Å². The van der Waals surface area contributed by atoms with E-state index in [2.05, 4.69) is 22.2 Å². The number of hydrogen-bond donors (Lipinski definition) is 1. The summed E-state index contributed by atoms with van der Waals surface area (Å²) in [4.78, 5) is 15.9. The molecule has 0 fully saturated rings. The highest BCUT2D eigenvalue weighted by atomic mass is 16.7. The average Bonchev–Trinajstić information content (AvgIpc) is 2.72. The monoisotopic (exact) mass is 266 g/mol. The van der Waals surface area contributed by atoms with Gasteiger partial charge in [-0.2, -0.15) is 0 Å². The molecule has 0 saturated heterocycles. The van der Waals surface area contributed by atoms with E-state index in [9.17, 15) is 4.79 Å². The van der Waals surface area contributed by atoms with Crippen molar-refractivity contribution in [1.82, 2.24) is 5.32 Å². The normalized spacial score (nSPS) is 16.8. The number of hydrogen-bond acceptors (Lipinski definition) is 4. The molecule has 1 N–H and O–H groups in total. The van der Waals surface area contributed by atoms with Gasteiger partial charge < -0.3 is 10.2 Å². The predicted octanol–water partition coefficient (Wildman–Crippen LogP) is 3.19. The van der Waals surface area contributed by atoms with Crippen LogP contribution in [-0.4, -0.2) is 24.8 Å². The number of unbranched alkanes of at least 4 members (excludes halogenated alkanes) is 5. The van der Waals surface area contributed by atoms with Gasteiger partial charge in [-0.15, -0.1) is 0 Å². The van der Waals surface area contributed by atoms with Crippen molar-refractivity contribution in [2.45, 2.75) is 58.8 Å². The maximum atomic E-state index is 11.3. The molecule has 0 amide bonds. The number of carbonyl (C=O) groups is 1. The highest BCUT2D eigenvalue weighted by molar-refractivity contribution is 6.21. The van der Waals surface area contributed by atoms with Crippen LogP contribution >= 0.6 is 0 Å². The topological polar surface area (TPSA) is 50.7 Å². The Morgan fingerprint density at radius 3 is 2.53 bits per heavy atom. The van der Waals surface area contributed by atoms with E-state index in [4.69, 9.17) is 0 Å². The molecule has 0 radical (unpaired) electrons. The summed E-state index contributed by atoms with van der Waals surface area (Å²) in [5.41, 5.74) is 1.33. The molecule has 19 heavy (non-hydrogen) atoms. The summed E-state index contributed by atoms with van der Waals surface area (Å²) in [6.45, 7) is 6.26. The van der Waals surface area contributed by atoms with E-state index in [-0.39, 0.29) is 5.97 Å². The van der Waals surface area contributed by atoms with Crippen LogP contribution in [0.5, 0.6) is 0 Å². The first-order chi connectivity index (χ1) is 9.25. The fourth-order valence-electron chi connectivity index (χ4n) is 2.03. The van der Waals surface area contributed by atoms with Crippen molar-refractivity contribution >= 4 is 11.7 Å². The number of allylic oxidation sites excluding steroid dienone is 1. The third kappa shape index (κ3) is 6.53. The molecule has 1 aliphatic heterocycles. The molecule has 0 bridgehead atoms. The number of nitrogens with zero attached hydrogens (tertiary/aromatic N) is 1. The van der Waals surface area contributed by atoms with Gasteiger partial charge in [-0.25, -0.2) is 4.79 Å². The molecule has 0 saturated carbocycles. The fraction of sp³-hybridized carbons (Fsp3) is 0.733. The summed E-state index contributed by atoms with van der Waals surface area (Å²) in [7, 11) is 0. The third-order valence-electron chi connectivity index (χ3n) is 3.24. The quantitative estimate of drug-likeness (QED) is 0.375. The van der Waals surface area contributed by atoms with Crippen molar-refractivity contribution in [3.8, 4) is 0 Å². The first kappa shape index (κ1) is 15.9. The van der Waals surface area contributed by atoms with Crippen molar-refractivity contribution in [3.05, 3.63) is 11.6 Å². The smallest absolute Gasteiger partial charge is 0.317 e. The van der Waals surface area contributed by atoms with Gasteiger partial charge in [-0.3, -0.25) is 0 Å². The van der Waals surface area contributed by atoms with E-state index < -0.39 is 0 Å². The lowest BCUT2D eigenvalue weighted by Crippen LogP contribution is -2.16. The summed E-state index contributed by atoms with van der Waals surface area (Å²) in [6.07, 6.45) is 10.3. The summed E-state index contributed by atoms with van der Waals surface area (Å²) in [6, 6.07) is 0. The molecule has 0 spiro atoms. The van der Waals surface area contributed by atoms with E-state index in [1.807, 2.05) is 6.08 Å². The van der Waals surface area contributed by atoms with E-state index in [0.717, 1.165) is 25.9 Å². The van der Waals surface area contributed by atoms with Crippen molar-refractivity contribution in [1.29, 1.82) is 0 Å². The molecule has 1 rings (SSSR count). The molecule has 4 nitrogen and oxygen atoms in total. The molecule has 0 aromatic heterocycles. The van der Waals surface area contributed by atoms with Gasteiger partial charge in [0, 0.05) is 0 Å². The lowest BCUT2D eigenvalue weighted by atomic mass is 10.1. The first-order valence-electron chi connectivity index (χ1n) is 7.43. The average molecular weight is 266 g/mol. The lowest BCUT2D eigenvalue weighted by Gasteiger charge is -2.03. The Kier molecular flexibility index (Phi) is 8.14. The van der Waals surface area contributed by atoms with Crippen molar-refractivity contribution in [2.24, 2.45) is 5.16 Å². The van der Waals surface area contributed by atoms with E-state index >= 15 is 0 Å². The summed E-state index contributed by atoms with van der Waals surface area (Å²) in [5, 5.41) is 7.11. The van der Waals surface area contributed by atoms with E-state index in [1.165, 1.54) is 32.1 Å². The molecule has 1 aliphatic rings. The van der Waals surface area contributed by atoms with Crippen LogP contribution in [0.4, 0.5) is 0 Å². The zero-order valence-corrected chi connectivity index (χ0v) is 12.2.